The van der Waals surface area contributed by atoms with Gasteiger partial charge in [-0.15, -0.1) is 0 Å². The highest BCUT2D eigenvalue weighted by molar-refractivity contribution is 9.10. The van der Waals surface area contributed by atoms with Crippen molar-refractivity contribution in [2.24, 2.45) is 0 Å². The Morgan fingerprint density at radius 1 is 1.30 bits per heavy atom. The van der Waals surface area contributed by atoms with Gasteiger partial charge in [0.05, 0.1) is 23.0 Å². The lowest BCUT2D eigenvalue weighted by Gasteiger charge is -2.20. The van der Waals surface area contributed by atoms with Crippen LogP contribution in [-0.2, 0) is 6.54 Å². The Bertz CT molecular complexity index is 578. The molecule has 1 heterocycles. The fourth-order valence-corrected chi connectivity index (χ4v) is 3.37. The summed E-state index contributed by atoms with van der Waals surface area (Å²) in [5.74, 6) is 0. The van der Waals surface area contributed by atoms with E-state index in [4.69, 9.17) is 23.2 Å². The predicted molar refractivity (Wildman–Crippen MR) is 87.6 cm³/mol. The van der Waals surface area contributed by atoms with Gasteiger partial charge in [-0.3, -0.25) is 4.68 Å². The largest absolute Gasteiger partial charge is 0.305 e. The van der Waals surface area contributed by atoms with E-state index in [0.717, 1.165) is 28.8 Å². The molecule has 2 rings (SSSR count). The second kappa shape index (κ2) is 6.94. The first-order chi connectivity index (χ1) is 9.56. The van der Waals surface area contributed by atoms with Crippen LogP contribution in [0.25, 0.3) is 0 Å². The topological polar surface area (TPSA) is 29.9 Å². The quantitative estimate of drug-likeness (QED) is 0.821. The van der Waals surface area contributed by atoms with E-state index < -0.39 is 0 Å². The molecule has 2 aromatic rings. The van der Waals surface area contributed by atoms with Gasteiger partial charge in [0.1, 0.15) is 0 Å². The maximum Gasteiger partial charge on any atom is 0.0837 e. The van der Waals surface area contributed by atoms with Gasteiger partial charge in [-0.05, 0) is 37.2 Å². The van der Waals surface area contributed by atoms with E-state index in [2.05, 4.69) is 33.3 Å². The molecule has 1 aromatic carbocycles. The molecule has 0 spiro atoms. The maximum atomic E-state index is 6.32. The third kappa shape index (κ3) is 3.37. The zero-order valence-corrected chi connectivity index (χ0v) is 14.4. The van der Waals surface area contributed by atoms with Crippen molar-refractivity contribution in [2.75, 3.05) is 6.54 Å². The zero-order chi connectivity index (χ0) is 14.7. The monoisotopic (exact) mass is 375 g/mol. The van der Waals surface area contributed by atoms with Crippen molar-refractivity contribution >= 4 is 39.1 Å². The van der Waals surface area contributed by atoms with Crippen molar-refractivity contribution in [2.45, 2.75) is 26.4 Å². The third-order valence-electron chi connectivity index (χ3n) is 3.03. The normalized spacial score (nSPS) is 12.7. The average molecular weight is 377 g/mol. The van der Waals surface area contributed by atoms with Gasteiger partial charge in [0.2, 0.25) is 0 Å². The zero-order valence-electron chi connectivity index (χ0n) is 11.3. The van der Waals surface area contributed by atoms with Crippen LogP contribution in [0.1, 0.15) is 31.1 Å². The summed E-state index contributed by atoms with van der Waals surface area (Å²) in [7, 11) is 0. The molecule has 3 nitrogen and oxygen atoms in total. The van der Waals surface area contributed by atoms with Crippen molar-refractivity contribution in [3.8, 4) is 0 Å². The summed E-state index contributed by atoms with van der Waals surface area (Å²) in [6.07, 6.45) is 1.68. The van der Waals surface area contributed by atoms with Gasteiger partial charge in [-0.1, -0.05) is 46.1 Å². The molecule has 1 N–H and O–H groups in total. The molecule has 6 heteroatoms. The van der Waals surface area contributed by atoms with Crippen LogP contribution in [0.4, 0.5) is 0 Å². The van der Waals surface area contributed by atoms with Crippen LogP contribution in [0, 0.1) is 0 Å². The number of nitrogens with zero attached hydrogens (tertiary/aromatic N) is 2. The number of hydrogen-bond donors (Lipinski definition) is 1. The lowest BCUT2D eigenvalue weighted by molar-refractivity contribution is 0.542. The highest BCUT2D eigenvalue weighted by Crippen LogP contribution is 2.31. The molecule has 1 aromatic heterocycles. The summed E-state index contributed by atoms with van der Waals surface area (Å²) in [5, 5.41) is 9.11. The van der Waals surface area contributed by atoms with E-state index >= 15 is 0 Å². The van der Waals surface area contributed by atoms with Gasteiger partial charge in [-0.2, -0.15) is 5.10 Å². The van der Waals surface area contributed by atoms with E-state index in [1.54, 1.807) is 6.20 Å². The van der Waals surface area contributed by atoms with Gasteiger partial charge in [-0.25, -0.2) is 0 Å². The molecular weight excluding hydrogens is 361 g/mol. The summed E-state index contributed by atoms with van der Waals surface area (Å²) in [6.45, 7) is 5.70. The highest BCUT2D eigenvalue weighted by Gasteiger charge is 2.21. The molecule has 0 radical (unpaired) electrons. The molecule has 0 saturated heterocycles. The highest BCUT2D eigenvalue weighted by atomic mass is 79.9. The molecule has 0 amide bonds. The van der Waals surface area contributed by atoms with Gasteiger partial charge in [0, 0.05) is 16.0 Å². The molecule has 1 unspecified atom stereocenters. The van der Waals surface area contributed by atoms with Crippen LogP contribution in [0.3, 0.4) is 0 Å². The molecule has 0 fully saturated rings. The second-order valence-electron chi connectivity index (χ2n) is 4.39. The van der Waals surface area contributed by atoms with E-state index in [1.807, 2.05) is 29.8 Å². The Labute approximate surface area is 137 Å². The predicted octanol–water partition coefficient (Wildman–Crippen LogP) is 4.67. The Morgan fingerprint density at radius 3 is 2.65 bits per heavy atom. The Balaban J connectivity index is 2.52. The first-order valence-electron chi connectivity index (χ1n) is 6.47. The summed E-state index contributed by atoms with van der Waals surface area (Å²) in [4.78, 5) is 0. The van der Waals surface area contributed by atoms with Crippen molar-refractivity contribution in [3.05, 3.63) is 50.2 Å². The SMILES string of the molecule is CCNC(c1cc(Cl)cc(Br)c1)c1c(Cl)cnn1CC. The standard InChI is InChI=1S/C14H16BrCl2N3/c1-3-18-13(9-5-10(15)7-11(16)6-9)14-12(17)8-19-20(14)4-2/h5-8,13,18H,3-4H2,1-2H3. The summed E-state index contributed by atoms with van der Waals surface area (Å²) in [6, 6.07) is 5.82. The fourth-order valence-electron chi connectivity index (χ4n) is 2.23. The first-order valence-corrected chi connectivity index (χ1v) is 8.02. The molecule has 0 bridgehead atoms. The minimum absolute atomic E-state index is 0.0371. The number of benzene rings is 1. The van der Waals surface area contributed by atoms with Crippen LogP contribution in [0.15, 0.2) is 28.9 Å². The van der Waals surface area contributed by atoms with Crippen LogP contribution in [-0.4, -0.2) is 16.3 Å². The van der Waals surface area contributed by atoms with Crippen molar-refractivity contribution in [3.63, 3.8) is 0 Å². The molecule has 0 aliphatic heterocycles. The summed E-state index contributed by atoms with van der Waals surface area (Å²) < 4.78 is 2.85. The molecular formula is C14H16BrCl2N3. The second-order valence-corrected chi connectivity index (χ2v) is 6.15. The number of halogens is 3. The molecule has 1 atom stereocenters. The first kappa shape index (κ1) is 15.8. The average Bonchev–Trinajstić information content (AvgIpc) is 2.76. The summed E-state index contributed by atoms with van der Waals surface area (Å²) >= 11 is 16.0. The van der Waals surface area contributed by atoms with E-state index in [9.17, 15) is 0 Å². The number of aromatic nitrogens is 2. The Morgan fingerprint density at radius 2 is 2.05 bits per heavy atom. The van der Waals surface area contributed by atoms with E-state index in [1.165, 1.54) is 0 Å². The maximum absolute atomic E-state index is 6.32. The molecule has 20 heavy (non-hydrogen) atoms. The van der Waals surface area contributed by atoms with E-state index in [0.29, 0.717) is 10.0 Å². The fraction of sp³-hybridized carbons (Fsp3) is 0.357. The minimum Gasteiger partial charge on any atom is -0.305 e. The smallest absolute Gasteiger partial charge is 0.0837 e. The van der Waals surface area contributed by atoms with Gasteiger partial charge >= 0.3 is 0 Å². The Kier molecular flexibility index (Phi) is 5.49. The van der Waals surface area contributed by atoms with Crippen LogP contribution in [0.5, 0.6) is 0 Å². The molecule has 0 saturated carbocycles. The van der Waals surface area contributed by atoms with Gasteiger partial charge in [0.15, 0.2) is 0 Å². The van der Waals surface area contributed by atoms with Crippen LogP contribution < -0.4 is 5.32 Å². The van der Waals surface area contributed by atoms with Crippen molar-refractivity contribution < 1.29 is 0 Å². The van der Waals surface area contributed by atoms with Gasteiger partial charge in [0.25, 0.3) is 0 Å². The lowest BCUT2D eigenvalue weighted by atomic mass is 10.0. The number of hydrogen-bond acceptors (Lipinski definition) is 2. The van der Waals surface area contributed by atoms with Crippen molar-refractivity contribution in [1.29, 1.82) is 0 Å². The van der Waals surface area contributed by atoms with Crippen LogP contribution in [0.2, 0.25) is 10.0 Å². The third-order valence-corrected chi connectivity index (χ3v) is 4.00. The Hall–Kier alpha value is -0.550. The van der Waals surface area contributed by atoms with Gasteiger partial charge < -0.3 is 5.32 Å². The van der Waals surface area contributed by atoms with E-state index in [-0.39, 0.29) is 6.04 Å². The number of nitrogens with one attached hydrogen (secondary N) is 1. The summed E-state index contributed by atoms with van der Waals surface area (Å²) in [5.41, 5.74) is 2.02. The lowest BCUT2D eigenvalue weighted by Crippen LogP contribution is -2.25. The minimum atomic E-state index is -0.0371. The molecule has 0 aliphatic carbocycles. The van der Waals surface area contributed by atoms with Crippen LogP contribution >= 0.6 is 39.1 Å². The molecule has 0 aliphatic rings. The van der Waals surface area contributed by atoms with Crippen molar-refractivity contribution in [1.82, 2.24) is 15.1 Å². The number of rotatable bonds is 5. The molecule has 108 valence electrons. The number of aryl methyl sites for hydroxylation is 1.